The zero-order valence-electron chi connectivity index (χ0n) is 18.1. The quantitative estimate of drug-likeness (QED) is 0.484. The predicted octanol–water partition coefficient (Wildman–Crippen LogP) is 4.66. The lowest BCUT2D eigenvalue weighted by atomic mass is 10.1. The smallest absolute Gasteiger partial charge is 0.240 e. The second kappa shape index (κ2) is 10.5. The number of carbonyl (C=O) groups excluding carboxylic acids is 1. The van der Waals surface area contributed by atoms with Gasteiger partial charge in [-0.15, -0.1) is 0 Å². The van der Waals surface area contributed by atoms with Gasteiger partial charge in [0, 0.05) is 10.7 Å². The Labute approximate surface area is 198 Å². The molecule has 0 saturated heterocycles. The van der Waals surface area contributed by atoms with Crippen LogP contribution in [0.5, 0.6) is 11.5 Å². The van der Waals surface area contributed by atoms with E-state index < -0.39 is 10.0 Å². The summed E-state index contributed by atoms with van der Waals surface area (Å²) in [7, 11) is -2.20. The molecule has 0 unspecified atom stereocenters. The second-order valence-electron chi connectivity index (χ2n) is 7.14. The number of rotatable bonds is 8. The number of aryl methyl sites for hydroxylation is 1. The molecule has 2 N–H and O–H groups in total. The highest BCUT2D eigenvalue weighted by Crippen LogP contribution is 2.30. The number of carbonyl (C=O) groups is 1. The lowest BCUT2D eigenvalue weighted by Crippen LogP contribution is -2.18. The summed E-state index contributed by atoms with van der Waals surface area (Å²) < 4.78 is 31.9. The van der Waals surface area contributed by atoms with Gasteiger partial charge in [0.15, 0.2) is 0 Å². The molecule has 3 aromatic rings. The van der Waals surface area contributed by atoms with Crippen molar-refractivity contribution in [2.45, 2.75) is 24.7 Å². The first-order chi connectivity index (χ1) is 15.7. The molecule has 3 rings (SSSR count). The highest BCUT2D eigenvalue weighted by Gasteiger charge is 2.13. The van der Waals surface area contributed by atoms with Gasteiger partial charge in [0.1, 0.15) is 11.5 Å². The summed E-state index contributed by atoms with van der Waals surface area (Å²) in [6.45, 7) is 1.99. The third kappa shape index (κ3) is 6.33. The maximum Gasteiger partial charge on any atom is 0.240 e. The molecule has 3 aromatic carbocycles. The van der Waals surface area contributed by atoms with E-state index in [1.807, 2.05) is 25.1 Å². The number of halogens is 1. The third-order valence-electron chi connectivity index (χ3n) is 4.82. The highest BCUT2D eigenvalue weighted by molar-refractivity contribution is 7.89. The zero-order valence-corrected chi connectivity index (χ0v) is 19.6. The van der Waals surface area contributed by atoms with Gasteiger partial charge in [0.25, 0.3) is 0 Å². The van der Waals surface area contributed by atoms with E-state index >= 15 is 0 Å². The van der Waals surface area contributed by atoms with Crippen molar-refractivity contribution in [2.75, 3.05) is 12.4 Å². The van der Waals surface area contributed by atoms with Crippen LogP contribution in [0.1, 0.15) is 23.6 Å². The molecule has 1 amide bonds. The largest absolute Gasteiger partial charge is 0.457 e. The first-order valence-electron chi connectivity index (χ1n) is 10.1. The minimum Gasteiger partial charge on any atom is -0.457 e. The van der Waals surface area contributed by atoms with Crippen molar-refractivity contribution in [3.8, 4) is 17.6 Å². The normalized spacial score (nSPS) is 11.0. The first-order valence-corrected chi connectivity index (χ1v) is 11.9. The van der Waals surface area contributed by atoms with Crippen LogP contribution in [0, 0.1) is 11.3 Å². The summed E-state index contributed by atoms with van der Waals surface area (Å²) in [5.41, 5.74) is 2.55. The molecule has 0 atom stereocenters. The van der Waals surface area contributed by atoms with Gasteiger partial charge in [-0.1, -0.05) is 30.7 Å². The molecule has 0 aliphatic heterocycles. The van der Waals surface area contributed by atoms with E-state index in [-0.39, 0.29) is 17.2 Å². The minimum absolute atomic E-state index is 0.0932. The Morgan fingerprint density at radius 2 is 1.82 bits per heavy atom. The summed E-state index contributed by atoms with van der Waals surface area (Å²) >= 11 is 6.07. The maximum atomic E-state index is 12.5. The molecule has 0 aliphatic carbocycles. The Morgan fingerprint density at radius 1 is 1.09 bits per heavy atom. The fraction of sp³-hybridized carbons (Fsp3) is 0.167. The molecule has 0 saturated carbocycles. The average molecular weight is 484 g/mol. The van der Waals surface area contributed by atoms with Crippen LogP contribution in [-0.4, -0.2) is 21.4 Å². The van der Waals surface area contributed by atoms with Gasteiger partial charge >= 0.3 is 0 Å². The van der Waals surface area contributed by atoms with Crippen LogP contribution in [0.25, 0.3) is 0 Å². The lowest BCUT2D eigenvalue weighted by molar-refractivity contribution is -0.115. The summed E-state index contributed by atoms with van der Waals surface area (Å²) in [5.74, 6) is 0.756. The van der Waals surface area contributed by atoms with Crippen LogP contribution in [0.3, 0.4) is 0 Å². The molecule has 0 heterocycles. The van der Waals surface area contributed by atoms with Crippen LogP contribution < -0.4 is 14.8 Å². The van der Waals surface area contributed by atoms with E-state index in [2.05, 4.69) is 10.0 Å². The Kier molecular flexibility index (Phi) is 7.71. The van der Waals surface area contributed by atoms with Crippen LogP contribution in [0.2, 0.25) is 5.02 Å². The summed E-state index contributed by atoms with van der Waals surface area (Å²) in [6, 6.07) is 18.3. The van der Waals surface area contributed by atoms with E-state index in [0.717, 1.165) is 17.5 Å². The molecule has 7 nitrogen and oxygen atoms in total. The van der Waals surface area contributed by atoms with E-state index in [0.29, 0.717) is 27.8 Å². The summed E-state index contributed by atoms with van der Waals surface area (Å²) in [4.78, 5) is 12.6. The minimum atomic E-state index is -3.54. The Balaban J connectivity index is 1.74. The Morgan fingerprint density at radius 3 is 2.45 bits per heavy atom. The van der Waals surface area contributed by atoms with Crippen molar-refractivity contribution in [3.05, 3.63) is 82.4 Å². The molecule has 0 aromatic heterocycles. The molecule has 0 aliphatic rings. The molecule has 0 radical (unpaired) electrons. The molecule has 33 heavy (non-hydrogen) atoms. The number of benzene rings is 3. The predicted molar refractivity (Wildman–Crippen MR) is 127 cm³/mol. The topological polar surface area (TPSA) is 108 Å². The fourth-order valence-electron chi connectivity index (χ4n) is 3.14. The van der Waals surface area contributed by atoms with Gasteiger partial charge in [-0.05, 0) is 73.1 Å². The van der Waals surface area contributed by atoms with Crippen LogP contribution in [0.15, 0.2) is 65.6 Å². The van der Waals surface area contributed by atoms with Crippen LogP contribution in [0.4, 0.5) is 5.69 Å². The molecular weight excluding hydrogens is 462 g/mol. The van der Waals surface area contributed by atoms with Crippen molar-refractivity contribution < 1.29 is 17.9 Å². The second-order valence-corrected chi connectivity index (χ2v) is 9.46. The summed E-state index contributed by atoms with van der Waals surface area (Å²) in [6.07, 6.45) is 0.811. The fourth-order valence-corrected chi connectivity index (χ4v) is 4.09. The van der Waals surface area contributed by atoms with Crippen molar-refractivity contribution >= 4 is 33.2 Å². The Hall–Kier alpha value is -3.38. The van der Waals surface area contributed by atoms with Gasteiger partial charge in [0.05, 0.1) is 22.9 Å². The number of nitrogens with zero attached hydrogens (tertiary/aromatic N) is 1. The van der Waals surface area contributed by atoms with E-state index in [1.54, 1.807) is 24.3 Å². The van der Waals surface area contributed by atoms with Crippen molar-refractivity contribution in [1.82, 2.24) is 4.72 Å². The number of ether oxygens (including phenoxy) is 1. The number of sulfonamides is 1. The number of hydrogen-bond acceptors (Lipinski definition) is 5. The number of amides is 1. The maximum absolute atomic E-state index is 12.5. The van der Waals surface area contributed by atoms with Crippen molar-refractivity contribution in [2.24, 2.45) is 0 Å². The average Bonchev–Trinajstić information content (AvgIpc) is 2.79. The number of anilines is 1. The van der Waals surface area contributed by atoms with E-state index in [4.69, 9.17) is 21.6 Å². The van der Waals surface area contributed by atoms with Crippen LogP contribution in [-0.2, 0) is 27.7 Å². The van der Waals surface area contributed by atoms with Gasteiger partial charge < -0.3 is 10.1 Å². The number of hydrogen-bond donors (Lipinski definition) is 2. The molecule has 0 spiro atoms. The Bertz CT molecular complexity index is 1320. The molecule has 0 fully saturated rings. The monoisotopic (exact) mass is 483 g/mol. The first kappa shape index (κ1) is 24.3. The van der Waals surface area contributed by atoms with Gasteiger partial charge in [-0.3, -0.25) is 4.79 Å². The molecule has 0 bridgehead atoms. The SMILES string of the molecule is CCc1ccc(CC(=O)Nc2ccc(S(=O)(=O)NC)cc2)cc1Oc1cc(Cl)cc(C#N)c1. The summed E-state index contributed by atoms with van der Waals surface area (Å²) in [5, 5.41) is 12.3. The van der Waals surface area contributed by atoms with Gasteiger partial charge in [-0.2, -0.15) is 5.26 Å². The van der Waals surface area contributed by atoms with Crippen LogP contribution >= 0.6 is 11.6 Å². The number of nitrogens with one attached hydrogen (secondary N) is 2. The molecule has 170 valence electrons. The third-order valence-corrected chi connectivity index (χ3v) is 6.47. The zero-order chi connectivity index (χ0) is 24.0. The van der Waals surface area contributed by atoms with Gasteiger partial charge in [-0.25, -0.2) is 13.1 Å². The number of nitriles is 1. The van der Waals surface area contributed by atoms with Crippen molar-refractivity contribution in [1.29, 1.82) is 5.26 Å². The standard InChI is InChI=1S/C24H22ClN3O4S/c1-3-18-5-4-16(12-23(18)32-21-11-17(15-26)10-19(25)14-21)13-24(29)28-20-6-8-22(9-7-20)33(30,31)27-2/h4-12,14,27H,3,13H2,1-2H3,(H,28,29). The highest BCUT2D eigenvalue weighted by atomic mass is 35.5. The van der Waals surface area contributed by atoms with Crippen molar-refractivity contribution in [3.63, 3.8) is 0 Å². The van der Waals surface area contributed by atoms with E-state index in [9.17, 15) is 13.2 Å². The molecule has 9 heteroatoms. The molecular formula is C24H22ClN3O4S. The lowest BCUT2D eigenvalue weighted by Gasteiger charge is -2.13. The van der Waals surface area contributed by atoms with E-state index in [1.165, 1.54) is 31.3 Å². The van der Waals surface area contributed by atoms with Gasteiger partial charge in [0.2, 0.25) is 15.9 Å².